The van der Waals surface area contributed by atoms with Crippen LogP contribution in [0.2, 0.25) is 0 Å². The molecule has 1 aromatic carbocycles. The van der Waals surface area contributed by atoms with Crippen molar-refractivity contribution < 1.29 is 17.6 Å². The number of aryl methyl sites for hydroxylation is 2. The van der Waals surface area contributed by atoms with E-state index in [2.05, 4.69) is 6.07 Å². The third kappa shape index (κ3) is 4.24. The summed E-state index contributed by atoms with van der Waals surface area (Å²) in [6, 6.07) is 4.08. The first-order valence-corrected chi connectivity index (χ1v) is 10.7. The lowest BCUT2D eigenvalue weighted by atomic mass is 9.98. The molecule has 1 atom stereocenters. The van der Waals surface area contributed by atoms with Crippen LogP contribution in [0.3, 0.4) is 0 Å². The van der Waals surface area contributed by atoms with Gasteiger partial charge in [0.05, 0.1) is 18.4 Å². The molecule has 1 saturated heterocycles. The second kappa shape index (κ2) is 6.83. The van der Waals surface area contributed by atoms with Gasteiger partial charge >= 0.3 is 0 Å². The smallest absolute Gasteiger partial charge is 0.227 e. The van der Waals surface area contributed by atoms with E-state index in [-0.39, 0.29) is 17.6 Å². The molecular formula is C19H25NO4S. The largest absolute Gasteiger partial charge is 0.464 e. The Bertz CT molecular complexity index is 898. The number of carbonyl (C=O) groups is 1. The highest BCUT2D eigenvalue weighted by atomic mass is 32.2. The van der Waals surface area contributed by atoms with Gasteiger partial charge in [-0.15, -0.1) is 0 Å². The fourth-order valence-corrected chi connectivity index (χ4v) is 5.02. The Hall–Kier alpha value is -1.82. The van der Waals surface area contributed by atoms with Crippen LogP contribution in [0, 0.1) is 19.8 Å². The summed E-state index contributed by atoms with van der Waals surface area (Å²) in [5.74, 6) is 0.239. The van der Waals surface area contributed by atoms with Gasteiger partial charge in [0.1, 0.15) is 15.4 Å². The van der Waals surface area contributed by atoms with Crippen LogP contribution in [0.4, 0.5) is 0 Å². The molecule has 25 heavy (non-hydrogen) atoms. The SMILES string of the molecule is Cc1cc(C)c2c(CC(=O)N3CCC[C@@H](CS(C)(=O)=O)C3)coc2c1. The second-order valence-electron chi connectivity index (χ2n) is 7.33. The number of furan rings is 1. The number of likely N-dealkylation sites (tertiary alicyclic amines) is 1. The molecule has 1 amide bonds. The molecule has 3 rings (SSSR count). The Morgan fingerprint density at radius 3 is 2.80 bits per heavy atom. The fraction of sp³-hybridized carbons (Fsp3) is 0.526. The number of sulfone groups is 1. The zero-order chi connectivity index (χ0) is 18.2. The van der Waals surface area contributed by atoms with Gasteiger partial charge in [0.2, 0.25) is 5.91 Å². The van der Waals surface area contributed by atoms with Gasteiger partial charge < -0.3 is 9.32 Å². The maximum atomic E-state index is 12.7. The third-order valence-electron chi connectivity index (χ3n) is 4.84. The van der Waals surface area contributed by atoms with E-state index in [1.54, 1.807) is 6.26 Å². The lowest BCUT2D eigenvalue weighted by Crippen LogP contribution is -2.42. The number of hydrogen-bond donors (Lipinski definition) is 0. The zero-order valence-corrected chi connectivity index (χ0v) is 15.9. The van der Waals surface area contributed by atoms with E-state index in [1.165, 1.54) is 6.26 Å². The molecule has 0 N–H and O–H groups in total. The molecule has 2 aromatic rings. The monoisotopic (exact) mass is 363 g/mol. The Balaban J connectivity index is 1.74. The van der Waals surface area contributed by atoms with Crippen LogP contribution >= 0.6 is 0 Å². The molecule has 6 heteroatoms. The van der Waals surface area contributed by atoms with E-state index >= 15 is 0 Å². The number of piperidine rings is 1. The molecule has 0 spiro atoms. The van der Waals surface area contributed by atoms with Gasteiger partial charge in [0, 0.05) is 30.3 Å². The van der Waals surface area contributed by atoms with Crippen LogP contribution in [-0.4, -0.2) is 44.3 Å². The molecule has 2 heterocycles. The quantitative estimate of drug-likeness (QED) is 0.838. The molecular weight excluding hydrogens is 338 g/mol. The van der Waals surface area contributed by atoms with Crippen molar-refractivity contribution in [1.29, 1.82) is 0 Å². The predicted molar refractivity (Wildman–Crippen MR) is 98.4 cm³/mol. The Morgan fingerprint density at radius 1 is 1.32 bits per heavy atom. The zero-order valence-electron chi connectivity index (χ0n) is 15.0. The van der Waals surface area contributed by atoms with Crippen LogP contribution < -0.4 is 0 Å². The van der Waals surface area contributed by atoms with Crippen molar-refractivity contribution in [2.75, 3.05) is 25.1 Å². The number of carbonyl (C=O) groups excluding carboxylic acids is 1. The molecule has 5 nitrogen and oxygen atoms in total. The number of nitrogens with zero attached hydrogens (tertiary/aromatic N) is 1. The number of hydrogen-bond acceptors (Lipinski definition) is 4. The van der Waals surface area contributed by atoms with Crippen LogP contribution in [0.15, 0.2) is 22.8 Å². The molecule has 1 aliphatic rings. The Kier molecular flexibility index (Phi) is 4.91. The van der Waals surface area contributed by atoms with E-state index in [1.807, 2.05) is 24.8 Å². The van der Waals surface area contributed by atoms with E-state index < -0.39 is 9.84 Å². The first-order chi connectivity index (χ1) is 11.7. The average molecular weight is 363 g/mol. The highest BCUT2D eigenvalue weighted by molar-refractivity contribution is 7.90. The van der Waals surface area contributed by atoms with Crippen LogP contribution in [-0.2, 0) is 21.1 Å². The standard InChI is InChI=1S/C19H25NO4S/c1-13-7-14(2)19-16(11-24-17(19)8-13)9-18(21)20-6-4-5-15(10-20)12-25(3,22)23/h7-8,11,15H,4-6,9-10,12H2,1-3H3/t15-/m1/s1. The molecule has 0 bridgehead atoms. The van der Waals surface area contributed by atoms with E-state index in [0.29, 0.717) is 19.5 Å². The number of amides is 1. The van der Waals surface area contributed by atoms with Crippen LogP contribution in [0.25, 0.3) is 11.0 Å². The summed E-state index contributed by atoms with van der Waals surface area (Å²) in [7, 11) is -3.01. The van der Waals surface area contributed by atoms with E-state index in [4.69, 9.17) is 4.42 Å². The van der Waals surface area contributed by atoms with Crippen molar-refractivity contribution in [3.63, 3.8) is 0 Å². The highest BCUT2D eigenvalue weighted by Gasteiger charge is 2.26. The molecule has 1 fully saturated rings. The van der Waals surface area contributed by atoms with Crippen molar-refractivity contribution in [3.05, 3.63) is 35.1 Å². The fourth-order valence-electron chi connectivity index (χ4n) is 3.89. The maximum Gasteiger partial charge on any atom is 0.227 e. The third-order valence-corrected chi connectivity index (χ3v) is 5.92. The topological polar surface area (TPSA) is 67.6 Å². The first kappa shape index (κ1) is 18.0. The molecule has 0 saturated carbocycles. The summed E-state index contributed by atoms with van der Waals surface area (Å²) in [6.07, 6.45) is 4.95. The van der Waals surface area contributed by atoms with Crippen LogP contribution in [0.1, 0.15) is 29.5 Å². The average Bonchev–Trinajstić information content (AvgIpc) is 2.88. The summed E-state index contributed by atoms with van der Waals surface area (Å²) in [4.78, 5) is 14.5. The molecule has 136 valence electrons. The van der Waals surface area contributed by atoms with Gasteiger partial charge in [-0.05, 0) is 49.8 Å². The van der Waals surface area contributed by atoms with Gasteiger partial charge in [-0.1, -0.05) is 6.07 Å². The lowest BCUT2D eigenvalue weighted by molar-refractivity contribution is -0.132. The summed E-state index contributed by atoms with van der Waals surface area (Å²) >= 11 is 0. The summed E-state index contributed by atoms with van der Waals surface area (Å²) in [5, 5.41) is 1.02. The summed E-state index contributed by atoms with van der Waals surface area (Å²) < 4.78 is 28.7. The number of fused-ring (bicyclic) bond motifs is 1. The molecule has 1 aliphatic heterocycles. The van der Waals surface area contributed by atoms with Gasteiger partial charge in [0.15, 0.2) is 0 Å². The molecule has 1 aromatic heterocycles. The first-order valence-electron chi connectivity index (χ1n) is 8.66. The number of benzene rings is 1. The van der Waals surface area contributed by atoms with E-state index in [9.17, 15) is 13.2 Å². The van der Waals surface area contributed by atoms with Crippen molar-refractivity contribution in [1.82, 2.24) is 4.90 Å². The van der Waals surface area contributed by atoms with Gasteiger partial charge in [-0.3, -0.25) is 4.79 Å². The van der Waals surface area contributed by atoms with Gasteiger partial charge in [0.25, 0.3) is 0 Å². The molecule has 0 radical (unpaired) electrons. The van der Waals surface area contributed by atoms with Crippen molar-refractivity contribution in [3.8, 4) is 0 Å². The van der Waals surface area contributed by atoms with Gasteiger partial charge in [-0.2, -0.15) is 0 Å². The van der Waals surface area contributed by atoms with Crippen LogP contribution in [0.5, 0.6) is 0 Å². The normalized spacial score (nSPS) is 18.7. The van der Waals surface area contributed by atoms with E-state index in [0.717, 1.165) is 40.5 Å². The number of rotatable bonds is 4. The molecule has 0 aliphatic carbocycles. The van der Waals surface area contributed by atoms with Gasteiger partial charge in [-0.25, -0.2) is 8.42 Å². The predicted octanol–water partition coefficient (Wildman–Crippen LogP) is 2.88. The lowest BCUT2D eigenvalue weighted by Gasteiger charge is -2.32. The van der Waals surface area contributed by atoms with Crippen molar-refractivity contribution in [2.24, 2.45) is 5.92 Å². The minimum atomic E-state index is -3.01. The maximum absolute atomic E-state index is 12.7. The van der Waals surface area contributed by atoms with Crippen molar-refractivity contribution >= 4 is 26.7 Å². The Morgan fingerprint density at radius 2 is 2.08 bits per heavy atom. The second-order valence-corrected chi connectivity index (χ2v) is 9.52. The minimum absolute atomic E-state index is 0.0400. The Labute approximate surface area is 148 Å². The molecule has 0 unspecified atom stereocenters. The summed E-state index contributed by atoms with van der Waals surface area (Å²) in [6.45, 7) is 5.28. The van der Waals surface area contributed by atoms with Crippen molar-refractivity contribution in [2.45, 2.75) is 33.1 Å². The summed E-state index contributed by atoms with van der Waals surface area (Å²) in [5.41, 5.74) is 3.97. The highest BCUT2D eigenvalue weighted by Crippen LogP contribution is 2.27. The minimum Gasteiger partial charge on any atom is -0.464 e.